The molecule has 0 heterocycles. The van der Waals surface area contributed by atoms with Crippen LogP contribution < -0.4 is 0 Å². The van der Waals surface area contributed by atoms with Crippen molar-refractivity contribution in [3.8, 4) is 0 Å². The third kappa shape index (κ3) is 7.75. The van der Waals surface area contributed by atoms with Gasteiger partial charge < -0.3 is 9.47 Å². The first-order valence-electron chi connectivity index (χ1n) is 7.08. The summed E-state index contributed by atoms with van der Waals surface area (Å²) < 4.78 is 10.8. The Balaban J connectivity index is 1.95. The lowest BCUT2D eigenvalue weighted by molar-refractivity contribution is 0.0451. The van der Waals surface area contributed by atoms with Crippen molar-refractivity contribution in [2.75, 3.05) is 26.4 Å². The monoisotopic (exact) mass is 264 g/mol. The highest BCUT2D eigenvalue weighted by Crippen LogP contribution is 2.04. The number of unbranched alkanes of at least 4 members (excludes halogenated alkanes) is 1. The van der Waals surface area contributed by atoms with Crippen LogP contribution in [0.3, 0.4) is 0 Å². The Labute approximate surface area is 115 Å². The Kier molecular flexibility index (Phi) is 8.94. The minimum absolute atomic E-state index is 0.184. The van der Waals surface area contributed by atoms with E-state index < -0.39 is 0 Å². The van der Waals surface area contributed by atoms with Crippen molar-refractivity contribution in [3.63, 3.8) is 0 Å². The number of hydrogen-bond acceptors (Lipinski definition) is 3. The van der Waals surface area contributed by atoms with E-state index >= 15 is 0 Å². The number of ketones is 1. The Morgan fingerprint density at radius 1 is 0.947 bits per heavy atom. The van der Waals surface area contributed by atoms with Gasteiger partial charge >= 0.3 is 0 Å². The van der Waals surface area contributed by atoms with Gasteiger partial charge in [-0.1, -0.05) is 43.7 Å². The fourth-order valence-corrected chi connectivity index (χ4v) is 1.67. The Hall–Kier alpha value is -1.19. The predicted molar refractivity (Wildman–Crippen MR) is 76.6 cm³/mol. The Bertz CT molecular complexity index is 335. The molecule has 106 valence electrons. The van der Waals surface area contributed by atoms with Crippen LogP contribution in [-0.2, 0) is 9.47 Å². The van der Waals surface area contributed by atoms with Crippen LogP contribution in [0.5, 0.6) is 0 Å². The smallest absolute Gasteiger partial charge is 0.162 e. The van der Waals surface area contributed by atoms with Gasteiger partial charge in [0.1, 0.15) is 0 Å². The van der Waals surface area contributed by atoms with Gasteiger partial charge in [-0.3, -0.25) is 4.79 Å². The molecule has 0 saturated carbocycles. The number of carbonyl (C=O) groups excluding carboxylic acids is 1. The van der Waals surface area contributed by atoms with Crippen molar-refractivity contribution in [3.05, 3.63) is 35.9 Å². The number of rotatable bonds is 11. The second-order valence-corrected chi connectivity index (χ2v) is 4.47. The second kappa shape index (κ2) is 10.7. The number of Topliss-reactive ketones (excluding diaryl/α,β-unsaturated/α-hetero) is 1. The number of hydrogen-bond donors (Lipinski definition) is 0. The Morgan fingerprint density at radius 3 is 2.21 bits per heavy atom. The molecule has 0 bridgehead atoms. The average Bonchev–Trinajstić information content (AvgIpc) is 2.46. The van der Waals surface area contributed by atoms with Gasteiger partial charge in [-0.15, -0.1) is 0 Å². The lowest BCUT2D eigenvalue weighted by atomic mass is 10.1. The van der Waals surface area contributed by atoms with Crippen LogP contribution in [0, 0.1) is 0 Å². The predicted octanol–water partition coefficient (Wildman–Crippen LogP) is 3.48. The summed E-state index contributed by atoms with van der Waals surface area (Å²) in [6, 6.07) is 9.39. The molecule has 1 aromatic rings. The highest BCUT2D eigenvalue weighted by Gasteiger charge is 2.03. The topological polar surface area (TPSA) is 35.5 Å². The molecule has 0 aliphatic heterocycles. The van der Waals surface area contributed by atoms with Crippen LogP contribution in [0.4, 0.5) is 0 Å². The van der Waals surface area contributed by atoms with E-state index in [0.717, 1.165) is 31.4 Å². The summed E-state index contributed by atoms with van der Waals surface area (Å²) in [7, 11) is 0. The first-order chi connectivity index (χ1) is 9.34. The Morgan fingerprint density at radius 2 is 1.58 bits per heavy atom. The minimum atomic E-state index is 0.184. The zero-order valence-electron chi connectivity index (χ0n) is 11.8. The van der Waals surface area contributed by atoms with Crippen LogP contribution in [-0.4, -0.2) is 32.2 Å². The summed E-state index contributed by atoms with van der Waals surface area (Å²) in [6.45, 7) is 4.83. The summed E-state index contributed by atoms with van der Waals surface area (Å²) >= 11 is 0. The van der Waals surface area contributed by atoms with Gasteiger partial charge in [-0.25, -0.2) is 0 Å². The molecule has 0 amide bonds. The van der Waals surface area contributed by atoms with Crippen LogP contribution in [0.15, 0.2) is 30.3 Å². The maximum absolute atomic E-state index is 11.8. The molecule has 0 unspecified atom stereocenters. The van der Waals surface area contributed by atoms with E-state index in [-0.39, 0.29) is 5.78 Å². The first-order valence-corrected chi connectivity index (χ1v) is 7.08. The van der Waals surface area contributed by atoms with Gasteiger partial charge in [0.05, 0.1) is 13.2 Å². The molecule has 19 heavy (non-hydrogen) atoms. The molecule has 0 saturated heterocycles. The summed E-state index contributed by atoms with van der Waals surface area (Å²) in [4.78, 5) is 11.8. The molecular weight excluding hydrogens is 240 g/mol. The molecule has 3 nitrogen and oxygen atoms in total. The quantitative estimate of drug-likeness (QED) is 0.453. The van der Waals surface area contributed by atoms with E-state index in [1.165, 1.54) is 0 Å². The van der Waals surface area contributed by atoms with Crippen molar-refractivity contribution in [2.24, 2.45) is 0 Å². The lowest BCUT2D eigenvalue weighted by Crippen LogP contribution is -2.07. The normalized spacial score (nSPS) is 10.6. The second-order valence-electron chi connectivity index (χ2n) is 4.47. The molecule has 1 rings (SSSR count). The van der Waals surface area contributed by atoms with Crippen LogP contribution in [0.1, 0.15) is 43.0 Å². The van der Waals surface area contributed by atoms with Gasteiger partial charge in [0.2, 0.25) is 0 Å². The highest BCUT2D eigenvalue weighted by atomic mass is 16.5. The third-order valence-corrected chi connectivity index (χ3v) is 2.80. The van der Waals surface area contributed by atoms with Gasteiger partial charge in [-0.2, -0.15) is 0 Å². The van der Waals surface area contributed by atoms with Crippen molar-refractivity contribution in [2.45, 2.75) is 32.6 Å². The zero-order valence-corrected chi connectivity index (χ0v) is 11.8. The molecule has 3 heteroatoms. The fraction of sp³-hybridized carbons (Fsp3) is 0.562. The fourth-order valence-electron chi connectivity index (χ4n) is 1.67. The van der Waals surface area contributed by atoms with Gasteiger partial charge in [-0.05, 0) is 12.8 Å². The number of carbonyl (C=O) groups is 1. The van der Waals surface area contributed by atoms with E-state index in [4.69, 9.17) is 9.47 Å². The third-order valence-electron chi connectivity index (χ3n) is 2.80. The van der Waals surface area contributed by atoms with Crippen molar-refractivity contribution in [1.82, 2.24) is 0 Å². The maximum atomic E-state index is 11.8. The van der Waals surface area contributed by atoms with Gasteiger partial charge in [0.25, 0.3) is 0 Å². The molecule has 0 fully saturated rings. The summed E-state index contributed by atoms with van der Waals surface area (Å²) in [5.74, 6) is 0.184. The molecule has 0 N–H and O–H groups in total. The van der Waals surface area contributed by atoms with Crippen LogP contribution in [0.25, 0.3) is 0 Å². The van der Waals surface area contributed by atoms with Crippen LogP contribution >= 0.6 is 0 Å². The van der Waals surface area contributed by atoms with Crippen molar-refractivity contribution in [1.29, 1.82) is 0 Å². The lowest BCUT2D eigenvalue weighted by Gasteiger charge is -2.05. The maximum Gasteiger partial charge on any atom is 0.162 e. The summed E-state index contributed by atoms with van der Waals surface area (Å²) in [5, 5.41) is 0. The molecule has 0 aliphatic rings. The summed E-state index contributed by atoms with van der Waals surface area (Å²) in [6.07, 6.45) is 3.57. The van der Waals surface area contributed by atoms with Crippen LogP contribution in [0.2, 0.25) is 0 Å². The molecule has 0 radical (unpaired) electrons. The minimum Gasteiger partial charge on any atom is -0.379 e. The van der Waals surface area contributed by atoms with Crippen molar-refractivity contribution < 1.29 is 14.3 Å². The molecule has 0 atom stereocenters. The van der Waals surface area contributed by atoms with Gasteiger partial charge in [0.15, 0.2) is 5.78 Å². The highest BCUT2D eigenvalue weighted by molar-refractivity contribution is 5.95. The largest absolute Gasteiger partial charge is 0.379 e. The number of benzene rings is 1. The molecule has 0 aromatic heterocycles. The van der Waals surface area contributed by atoms with E-state index in [2.05, 4.69) is 6.92 Å². The van der Waals surface area contributed by atoms with E-state index in [1.54, 1.807) is 0 Å². The molecular formula is C16H24O3. The molecule has 1 aromatic carbocycles. The molecule has 0 aliphatic carbocycles. The number of ether oxygens (including phenoxy) is 2. The SMILES string of the molecule is CCCCOCCOCCCC(=O)c1ccccc1. The van der Waals surface area contributed by atoms with Crippen molar-refractivity contribution >= 4 is 5.78 Å². The van der Waals surface area contributed by atoms with Gasteiger partial charge in [0, 0.05) is 25.2 Å². The summed E-state index contributed by atoms with van der Waals surface area (Å²) in [5.41, 5.74) is 0.783. The molecule has 0 spiro atoms. The average molecular weight is 264 g/mol. The van der Waals surface area contributed by atoms with E-state index in [0.29, 0.717) is 26.2 Å². The van der Waals surface area contributed by atoms with E-state index in [1.807, 2.05) is 30.3 Å². The van der Waals surface area contributed by atoms with E-state index in [9.17, 15) is 4.79 Å². The standard InChI is InChI=1S/C16H24O3/c1-2-3-11-18-13-14-19-12-7-10-16(17)15-8-5-4-6-9-15/h4-6,8-9H,2-3,7,10-14H2,1H3. The first kappa shape index (κ1) is 15.9. The zero-order chi connectivity index (χ0) is 13.8.